The Morgan fingerprint density at radius 1 is 0.969 bits per heavy atom. The van der Waals surface area contributed by atoms with Gasteiger partial charge >= 0.3 is 0 Å². The second kappa shape index (κ2) is 7.67. The van der Waals surface area contributed by atoms with Crippen molar-refractivity contribution in [3.8, 4) is 22.6 Å². The van der Waals surface area contributed by atoms with E-state index in [1.807, 2.05) is 29.0 Å². The molecule has 1 amide bonds. The summed E-state index contributed by atoms with van der Waals surface area (Å²) in [6, 6.07) is 14.3. The second-order valence-electron chi connectivity index (χ2n) is 8.05. The Bertz CT molecular complexity index is 1330. The molecule has 0 fully saturated rings. The Morgan fingerprint density at radius 2 is 1.75 bits per heavy atom. The van der Waals surface area contributed by atoms with E-state index in [0.717, 1.165) is 17.5 Å². The topological polar surface area (TPSA) is 51.0 Å². The van der Waals surface area contributed by atoms with E-state index >= 15 is 0 Å². The Morgan fingerprint density at radius 3 is 2.50 bits per heavy atom. The lowest BCUT2D eigenvalue weighted by molar-refractivity contribution is 0.0996. The molecule has 0 atom stereocenters. The number of pyridine rings is 1. The number of hydrogen-bond acceptors (Lipinski definition) is 3. The van der Waals surface area contributed by atoms with Crippen molar-refractivity contribution in [3.05, 3.63) is 89.8 Å². The summed E-state index contributed by atoms with van der Waals surface area (Å²) in [5.74, 6) is -0.249. The third kappa shape index (κ3) is 3.45. The van der Waals surface area contributed by atoms with E-state index in [1.165, 1.54) is 12.1 Å². The van der Waals surface area contributed by atoms with Gasteiger partial charge in [-0.2, -0.15) is 0 Å². The predicted molar refractivity (Wildman–Crippen MR) is 118 cm³/mol. The zero-order chi connectivity index (χ0) is 22.4. The van der Waals surface area contributed by atoms with Gasteiger partial charge in [0.1, 0.15) is 23.1 Å². The minimum absolute atomic E-state index is 0.199. The van der Waals surface area contributed by atoms with Crippen molar-refractivity contribution in [3.63, 3.8) is 0 Å². The quantitative estimate of drug-likeness (QED) is 0.422. The van der Waals surface area contributed by atoms with Crippen LogP contribution in [0.1, 0.15) is 35.8 Å². The van der Waals surface area contributed by atoms with Crippen LogP contribution in [0.5, 0.6) is 0 Å². The summed E-state index contributed by atoms with van der Waals surface area (Å²) in [5.41, 5.74) is 2.99. The van der Waals surface area contributed by atoms with Crippen molar-refractivity contribution in [2.75, 3.05) is 4.90 Å². The number of nitrogens with zero attached hydrogens (tertiary/aromatic N) is 4. The zero-order valence-corrected chi connectivity index (χ0v) is 17.6. The molecule has 0 saturated heterocycles. The van der Waals surface area contributed by atoms with Gasteiger partial charge in [-0.05, 0) is 60.9 Å². The molecule has 0 saturated carbocycles. The zero-order valence-electron chi connectivity index (χ0n) is 17.6. The lowest BCUT2D eigenvalue weighted by Gasteiger charge is -2.16. The number of carbonyl (C=O) groups excluding carboxylic acids is 1. The van der Waals surface area contributed by atoms with Gasteiger partial charge in [-0.15, -0.1) is 0 Å². The molecule has 0 radical (unpaired) electrons. The van der Waals surface area contributed by atoms with Crippen LogP contribution in [-0.2, 0) is 6.54 Å². The lowest BCUT2D eigenvalue weighted by atomic mass is 10.0. The molecule has 1 aliphatic rings. The van der Waals surface area contributed by atoms with Crippen LogP contribution < -0.4 is 4.90 Å². The Hall–Kier alpha value is -3.87. The number of fused-ring (bicyclic) bond motifs is 1. The molecule has 7 heteroatoms. The third-order valence-corrected chi connectivity index (χ3v) is 5.57. The van der Waals surface area contributed by atoms with Gasteiger partial charge < -0.3 is 4.57 Å². The van der Waals surface area contributed by atoms with Gasteiger partial charge in [0.2, 0.25) is 0 Å². The average Bonchev–Trinajstić information content (AvgIpc) is 3.38. The van der Waals surface area contributed by atoms with Crippen molar-refractivity contribution in [2.24, 2.45) is 0 Å². The normalized spacial score (nSPS) is 13.2. The summed E-state index contributed by atoms with van der Waals surface area (Å²) in [6.07, 6.45) is 3.64. The fourth-order valence-corrected chi connectivity index (χ4v) is 4.01. The van der Waals surface area contributed by atoms with E-state index in [1.54, 1.807) is 29.3 Å². The van der Waals surface area contributed by atoms with E-state index in [0.29, 0.717) is 34.7 Å². The van der Waals surface area contributed by atoms with Crippen LogP contribution in [0.2, 0.25) is 0 Å². The summed E-state index contributed by atoms with van der Waals surface area (Å²) in [4.78, 5) is 23.9. The standard InChI is InChI=1S/C25H20F2N4O/c1-15(2)30-9-8-28-24(30)22-4-3-5-23(29-22)31-14-17-7-6-16(12-21(17)25(31)32)18-10-19(26)13-20(27)11-18/h3-13,15H,14H2,1-2H3. The van der Waals surface area contributed by atoms with Crippen LogP contribution in [0, 0.1) is 11.6 Å². The van der Waals surface area contributed by atoms with Crippen molar-refractivity contribution in [1.82, 2.24) is 14.5 Å². The Kier molecular flexibility index (Phi) is 4.81. The number of halogens is 2. The summed E-state index contributed by atoms with van der Waals surface area (Å²) in [6.45, 7) is 4.51. The van der Waals surface area contributed by atoms with Gasteiger partial charge in [0.25, 0.3) is 5.91 Å². The number of hydrogen-bond donors (Lipinski definition) is 0. The first-order chi connectivity index (χ1) is 15.4. The summed E-state index contributed by atoms with van der Waals surface area (Å²) >= 11 is 0. The number of imidazole rings is 1. The summed E-state index contributed by atoms with van der Waals surface area (Å²) in [5, 5.41) is 0. The maximum atomic E-state index is 13.7. The molecule has 0 bridgehead atoms. The predicted octanol–water partition coefficient (Wildman–Crippen LogP) is 5.63. The van der Waals surface area contributed by atoms with Crippen LogP contribution in [0.4, 0.5) is 14.6 Å². The molecule has 1 aliphatic heterocycles. The fourth-order valence-electron chi connectivity index (χ4n) is 4.01. The van der Waals surface area contributed by atoms with E-state index < -0.39 is 11.6 Å². The molecule has 2 aromatic carbocycles. The number of anilines is 1. The molecule has 3 heterocycles. The molecule has 160 valence electrons. The Balaban J connectivity index is 1.48. The molecule has 0 aliphatic carbocycles. The SMILES string of the molecule is CC(C)n1ccnc1-c1cccc(N2Cc3ccc(-c4cc(F)cc(F)c4)cc3C2=O)n1. The smallest absolute Gasteiger partial charge is 0.260 e. The summed E-state index contributed by atoms with van der Waals surface area (Å²) < 4.78 is 29.3. The number of amides is 1. The van der Waals surface area contributed by atoms with E-state index in [9.17, 15) is 13.6 Å². The Labute approximate surface area is 184 Å². The lowest BCUT2D eigenvalue weighted by Crippen LogP contribution is -2.24. The highest BCUT2D eigenvalue weighted by atomic mass is 19.1. The minimum atomic E-state index is -0.658. The largest absolute Gasteiger partial charge is 0.327 e. The second-order valence-corrected chi connectivity index (χ2v) is 8.05. The van der Waals surface area contributed by atoms with Crippen LogP contribution in [0.3, 0.4) is 0 Å². The molecule has 32 heavy (non-hydrogen) atoms. The van der Waals surface area contributed by atoms with Gasteiger partial charge in [-0.3, -0.25) is 9.69 Å². The first-order valence-corrected chi connectivity index (χ1v) is 10.3. The van der Waals surface area contributed by atoms with Gasteiger partial charge in [-0.25, -0.2) is 18.7 Å². The van der Waals surface area contributed by atoms with Gasteiger partial charge in [0.15, 0.2) is 5.82 Å². The maximum absolute atomic E-state index is 13.7. The molecule has 4 aromatic rings. The maximum Gasteiger partial charge on any atom is 0.260 e. The van der Waals surface area contributed by atoms with Gasteiger partial charge in [0, 0.05) is 30.1 Å². The third-order valence-electron chi connectivity index (χ3n) is 5.57. The number of benzene rings is 2. The monoisotopic (exact) mass is 430 g/mol. The average molecular weight is 430 g/mol. The molecular formula is C25H20F2N4O. The number of rotatable bonds is 4. The first kappa shape index (κ1) is 20.1. The van der Waals surface area contributed by atoms with Crippen LogP contribution in [0.25, 0.3) is 22.6 Å². The van der Waals surface area contributed by atoms with Crippen molar-refractivity contribution < 1.29 is 13.6 Å². The van der Waals surface area contributed by atoms with Crippen LogP contribution in [0.15, 0.2) is 67.0 Å². The molecular weight excluding hydrogens is 410 g/mol. The summed E-state index contributed by atoms with van der Waals surface area (Å²) in [7, 11) is 0. The van der Waals surface area contributed by atoms with E-state index in [-0.39, 0.29) is 11.9 Å². The van der Waals surface area contributed by atoms with E-state index in [2.05, 4.69) is 18.8 Å². The molecule has 5 rings (SSSR count). The minimum Gasteiger partial charge on any atom is -0.327 e. The molecule has 0 unspecified atom stereocenters. The molecule has 5 nitrogen and oxygen atoms in total. The van der Waals surface area contributed by atoms with Gasteiger partial charge in [-0.1, -0.05) is 18.2 Å². The number of carbonyl (C=O) groups is 1. The molecule has 0 spiro atoms. The van der Waals surface area contributed by atoms with Crippen molar-refractivity contribution >= 4 is 11.7 Å². The van der Waals surface area contributed by atoms with Crippen LogP contribution >= 0.6 is 0 Å². The van der Waals surface area contributed by atoms with Crippen molar-refractivity contribution in [2.45, 2.75) is 26.4 Å². The van der Waals surface area contributed by atoms with Gasteiger partial charge in [0.05, 0.1) is 6.54 Å². The number of aromatic nitrogens is 3. The molecule has 0 N–H and O–H groups in total. The van der Waals surface area contributed by atoms with Crippen molar-refractivity contribution in [1.29, 1.82) is 0 Å². The first-order valence-electron chi connectivity index (χ1n) is 10.3. The highest BCUT2D eigenvalue weighted by molar-refractivity contribution is 6.10. The molecule has 2 aromatic heterocycles. The highest BCUT2D eigenvalue weighted by Crippen LogP contribution is 2.32. The fraction of sp³-hybridized carbons (Fsp3) is 0.160. The highest BCUT2D eigenvalue weighted by Gasteiger charge is 2.30. The van der Waals surface area contributed by atoms with E-state index in [4.69, 9.17) is 4.98 Å². The van der Waals surface area contributed by atoms with Crippen LogP contribution in [-0.4, -0.2) is 20.4 Å².